The molecule has 1 aromatic heterocycles. The highest BCUT2D eigenvalue weighted by Crippen LogP contribution is 2.20. The second kappa shape index (κ2) is 6.52. The first kappa shape index (κ1) is 14.5. The SMILES string of the molecule is CCCCC(N)C(=O)Nc1ccc2oc(CC)nc2c1. The van der Waals surface area contributed by atoms with Crippen LogP contribution in [0.3, 0.4) is 0 Å². The second-order valence-electron chi connectivity index (χ2n) is 4.88. The molecule has 2 rings (SSSR count). The smallest absolute Gasteiger partial charge is 0.241 e. The van der Waals surface area contributed by atoms with E-state index in [4.69, 9.17) is 10.2 Å². The molecule has 3 N–H and O–H groups in total. The molecule has 0 saturated heterocycles. The van der Waals surface area contributed by atoms with Crippen LogP contribution in [0.1, 0.15) is 39.0 Å². The fourth-order valence-corrected chi connectivity index (χ4v) is 1.99. The zero-order valence-electron chi connectivity index (χ0n) is 12.0. The maximum Gasteiger partial charge on any atom is 0.241 e. The molecule has 1 atom stereocenters. The predicted molar refractivity (Wildman–Crippen MR) is 79.5 cm³/mol. The highest BCUT2D eigenvalue weighted by Gasteiger charge is 2.13. The Morgan fingerprint density at radius 2 is 2.25 bits per heavy atom. The van der Waals surface area contributed by atoms with Crippen molar-refractivity contribution in [3.63, 3.8) is 0 Å². The minimum atomic E-state index is -0.464. The van der Waals surface area contributed by atoms with Gasteiger partial charge in [-0.1, -0.05) is 26.7 Å². The Morgan fingerprint density at radius 3 is 2.95 bits per heavy atom. The van der Waals surface area contributed by atoms with Crippen molar-refractivity contribution in [2.24, 2.45) is 5.73 Å². The van der Waals surface area contributed by atoms with Crippen LogP contribution in [0.2, 0.25) is 0 Å². The standard InChI is InChI=1S/C15H21N3O2/c1-3-5-6-11(16)15(19)17-10-7-8-13-12(9-10)18-14(4-2)20-13/h7-9,11H,3-6,16H2,1-2H3,(H,17,19). The number of hydrogen-bond donors (Lipinski definition) is 2. The lowest BCUT2D eigenvalue weighted by Crippen LogP contribution is -2.35. The number of amides is 1. The molecule has 1 amide bonds. The van der Waals surface area contributed by atoms with Crippen LogP contribution < -0.4 is 11.1 Å². The van der Waals surface area contributed by atoms with Crippen molar-refractivity contribution in [3.8, 4) is 0 Å². The van der Waals surface area contributed by atoms with Gasteiger partial charge in [-0.25, -0.2) is 4.98 Å². The van der Waals surface area contributed by atoms with Gasteiger partial charge in [0.05, 0.1) is 6.04 Å². The molecule has 0 aliphatic carbocycles. The Hall–Kier alpha value is -1.88. The molecule has 1 unspecified atom stereocenters. The van der Waals surface area contributed by atoms with E-state index in [-0.39, 0.29) is 5.91 Å². The number of nitrogens with one attached hydrogen (secondary N) is 1. The number of aromatic nitrogens is 1. The molecule has 0 fully saturated rings. The van der Waals surface area contributed by atoms with Gasteiger partial charge in [-0.2, -0.15) is 0 Å². The number of fused-ring (bicyclic) bond motifs is 1. The third-order valence-corrected chi connectivity index (χ3v) is 3.21. The lowest BCUT2D eigenvalue weighted by molar-refractivity contribution is -0.117. The molecule has 5 heteroatoms. The predicted octanol–water partition coefficient (Wildman–Crippen LogP) is 2.85. The largest absolute Gasteiger partial charge is 0.441 e. The van der Waals surface area contributed by atoms with Crippen molar-refractivity contribution in [1.29, 1.82) is 0 Å². The molecule has 2 aromatic rings. The van der Waals surface area contributed by atoms with E-state index in [1.807, 2.05) is 19.1 Å². The molecule has 0 spiro atoms. The van der Waals surface area contributed by atoms with Crippen molar-refractivity contribution >= 4 is 22.7 Å². The summed E-state index contributed by atoms with van der Waals surface area (Å²) in [6.45, 7) is 4.06. The summed E-state index contributed by atoms with van der Waals surface area (Å²) in [7, 11) is 0. The van der Waals surface area contributed by atoms with Gasteiger partial charge in [-0.15, -0.1) is 0 Å². The summed E-state index contributed by atoms with van der Waals surface area (Å²) in [6, 6.07) is 4.96. The topological polar surface area (TPSA) is 81.2 Å². The van der Waals surface area contributed by atoms with Crippen molar-refractivity contribution in [3.05, 3.63) is 24.1 Å². The third-order valence-electron chi connectivity index (χ3n) is 3.21. The number of carbonyl (C=O) groups excluding carboxylic acids is 1. The lowest BCUT2D eigenvalue weighted by Gasteiger charge is -2.11. The van der Waals surface area contributed by atoms with E-state index in [9.17, 15) is 4.79 Å². The van der Waals surface area contributed by atoms with Crippen LogP contribution in [0.25, 0.3) is 11.1 Å². The number of carbonyl (C=O) groups is 1. The summed E-state index contributed by atoms with van der Waals surface area (Å²) in [5.41, 5.74) is 8.03. The van der Waals surface area contributed by atoms with Gasteiger partial charge in [-0.05, 0) is 24.6 Å². The number of nitrogens with two attached hydrogens (primary N) is 1. The third kappa shape index (κ3) is 3.36. The van der Waals surface area contributed by atoms with Gasteiger partial charge >= 0.3 is 0 Å². The van der Waals surface area contributed by atoms with Crippen LogP contribution in [0, 0.1) is 0 Å². The van der Waals surface area contributed by atoms with Crippen molar-refractivity contribution in [1.82, 2.24) is 4.98 Å². The number of aryl methyl sites for hydroxylation is 1. The summed E-state index contributed by atoms with van der Waals surface area (Å²) in [4.78, 5) is 16.3. The molecule has 1 aromatic carbocycles. The molecule has 0 saturated carbocycles. The molecule has 0 radical (unpaired) electrons. The van der Waals surface area contributed by atoms with E-state index < -0.39 is 6.04 Å². The van der Waals surface area contributed by atoms with Gasteiger partial charge in [0.25, 0.3) is 0 Å². The van der Waals surface area contributed by atoms with Crippen molar-refractivity contribution < 1.29 is 9.21 Å². The minimum absolute atomic E-state index is 0.156. The molecule has 1 heterocycles. The Labute approximate surface area is 118 Å². The quantitative estimate of drug-likeness (QED) is 0.849. The Balaban J connectivity index is 2.07. The fourth-order valence-electron chi connectivity index (χ4n) is 1.99. The van der Waals surface area contributed by atoms with E-state index in [2.05, 4.69) is 17.2 Å². The zero-order valence-corrected chi connectivity index (χ0v) is 12.0. The van der Waals surface area contributed by atoms with Gasteiger partial charge in [0, 0.05) is 12.1 Å². The van der Waals surface area contributed by atoms with E-state index in [0.29, 0.717) is 18.0 Å². The fraction of sp³-hybridized carbons (Fsp3) is 0.467. The van der Waals surface area contributed by atoms with Crippen LogP contribution in [0.5, 0.6) is 0 Å². The summed E-state index contributed by atoms with van der Waals surface area (Å²) >= 11 is 0. The summed E-state index contributed by atoms with van der Waals surface area (Å²) in [5, 5.41) is 2.82. The average molecular weight is 275 g/mol. The highest BCUT2D eigenvalue weighted by atomic mass is 16.3. The van der Waals surface area contributed by atoms with Crippen molar-refractivity contribution in [2.45, 2.75) is 45.6 Å². The minimum Gasteiger partial charge on any atom is -0.441 e. The van der Waals surface area contributed by atoms with Crippen LogP contribution in [0.4, 0.5) is 5.69 Å². The van der Waals surface area contributed by atoms with Crippen LogP contribution in [-0.4, -0.2) is 16.9 Å². The first-order chi connectivity index (χ1) is 9.63. The van der Waals surface area contributed by atoms with E-state index in [1.54, 1.807) is 6.07 Å². The first-order valence-electron chi connectivity index (χ1n) is 7.10. The first-order valence-corrected chi connectivity index (χ1v) is 7.10. The maximum atomic E-state index is 11.9. The average Bonchev–Trinajstić information content (AvgIpc) is 2.86. The molecule has 0 bridgehead atoms. The Bertz CT molecular complexity index is 592. The number of nitrogens with zero attached hydrogens (tertiary/aromatic N) is 1. The van der Waals surface area contributed by atoms with Crippen LogP contribution in [0.15, 0.2) is 22.6 Å². The summed E-state index contributed by atoms with van der Waals surface area (Å²) in [6.07, 6.45) is 3.44. The van der Waals surface area contributed by atoms with Gasteiger partial charge in [-0.3, -0.25) is 4.79 Å². The molecule has 0 aliphatic heterocycles. The Kier molecular flexibility index (Phi) is 4.74. The monoisotopic (exact) mass is 275 g/mol. The van der Waals surface area contributed by atoms with Gasteiger partial charge in [0.1, 0.15) is 5.52 Å². The number of anilines is 1. The molecule has 5 nitrogen and oxygen atoms in total. The van der Waals surface area contributed by atoms with E-state index in [0.717, 1.165) is 30.4 Å². The normalized spacial score (nSPS) is 12.6. The number of hydrogen-bond acceptors (Lipinski definition) is 4. The van der Waals surface area contributed by atoms with Crippen LogP contribution in [-0.2, 0) is 11.2 Å². The number of rotatable bonds is 6. The molecular weight excluding hydrogens is 254 g/mol. The zero-order chi connectivity index (χ0) is 14.5. The van der Waals surface area contributed by atoms with E-state index >= 15 is 0 Å². The Morgan fingerprint density at radius 1 is 1.45 bits per heavy atom. The lowest BCUT2D eigenvalue weighted by atomic mass is 10.1. The molecule has 20 heavy (non-hydrogen) atoms. The number of benzene rings is 1. The molecule has 0 aliphatic rings. The highest BCUT2D eigenvalue weighted by molar-refractivity contribution is 5.96. The second-order valence-corrected chi connectivity index (χ2v) is 4.88. The maximum absolute atomic E-state index is 11.9. The molecule has 108 valence electrons. The van der Waals surface area contributed by atoms with E-state index in [1.165, 1.54) is 0 Å². The van der Waals surface area contributed by atoms with Crippen molar-refractivity contribution in [2.75, 3.05) is 5.32 Å². The van der Waals surface area contributed by atoms with Gasteiger partial charge in [0.2, 0.25) is 5.91 Å². The van der Waals surface area contributed by atoms with Crippen LogP contribution >= 0.6 is 0 Å². The summed E-state index contributed by atoms with van der Waals surface area (Å²) < 4.78 is 5.53. The number of oxazole rings is 1. The summed E-state index contributed by atoms with van der Waals surface area (Å²) in [5.74, 6) is 0.542. The van der Waals surface area contributed by atoms with Gasteiger partial charge < -0.3 is 15.5 Å². The number of unbranched alkanes of at least 4 members (excludes halogenated alkanes) is 1. The molecular formula is C15H21N3O2. The van der Waals surface area contributed by atoms with Gasteiger partial charge in [0.15, 0.2) is 11.5 Å².